The van der Waals surface area contributed by atoms with E-state index < -0.39 is 5.97 Å². The highest BCUT2D eigenvalue weighted by atomic mass is 35.5. The van der Waals surface area contributed by atoms with Gasteiger partial charge in [-0.3, -0.25) is 0 Å². The SMILES string of the molecule is CO[C@@H](C)CCOC(=O)c1scnc1Cl. The number of ether oxygens (including phenoxy) is 2. The lowest BCUT2D eigenvalue weighted by atomic mass is 10.3. The molecule has 6 heteroatoms. The smallest absolute Gasteiger partial charge is 0.351 e. The van der Waals surface area contributed by atoms with Crippen LogP contribution < -0.4 is 0 Å². The van der Waals surface area contributed by atoms with Crippen LogP contribution in [-0.2, 0) is 9.47 Å². The molecule has 1 heterocycles. The standard InChI is InChI=1S/C9H12ClNO3S/c1-6(13-2)3-4-14-9(12)7-8(10)11-5-15-7/h5-6H,3-4H2,1-2H3/t6-/m0/s1. The summed E-state index contributed by atoms with van der Waals surface area (Å²) in [7, 11) is 1.62. The highest BCUT2D eigenvalue weighted by molar-refractivity contribution is 7.12. The molecular weight excluding hydrogens is 238 g/mol. The lowest BCUT2D eigenvalue weighted by Gasteiger charge is -2.08. The summed E-state index contributed by atoms with van der Waals surface area (Å²) in [6.45, 7) is 2.23. The Morgan fingerprint density at radius 1 is 1.73 bits per heavy atom. The number of carbonyl (C=O) groups excluding carboxylic acids is 1. The summed E-state index contributed by atoms with van der Waals surface area (Å²) in [5, 5.41) is 0.199. The van der Waals surface area contributed by atoms with Crippen molar-refractivity contribution < 1.29 is 14.3 Å². The van der Waals surface area contributed by atoms with Crippen molar-refractivity contribution in [3.63, 3.8) is 0 Å². The molecule has 15 heavy (non-hydrogen) atoms. The third kappa shape index (κ3) is 3.77. The zero-order valence-corrected chi connectivity index (χ0v) is 10.1. The molecule has 84 valence electrons. The minimum atomic E-state index is -0.425. The van der Waals surface area contributed by atoms with Gasteiger partial charge < -0.3 is 9.47 Å². The molecule has 0 aliphatic rings. The molecule has 0 fully saturated rings. The van der Waals surface area contributed by atoms with Gasteiger partial charge in [0.1, 0.15) is 0 Å². The van der Waals surface area contributed by atoms with E-state index in [0.717, 1.165) is 0 Å². The third-order valence-corrected chi connectivity index (χ3v) is 3.07. The van der Waals surface area contributed by atoms with Gasteiger partial charge in [-0.2, -0.15) is 0 Å². The summed E-state index contributed by atoms with van der Waals surface area (Å²) in [6, 6.07) is 0. The zero-order valence-electron chi connectivity index (χ0n) is 8.53. The van der Waals surface area contributed by atoms with Gasteiger partial charge in [0, 0.05) is 13.5 Å². The maximum atomic E-state index is 11.4. The topological polar surface area (TPSA) is 48.4 Å². The average molecular weight is 250 g/mol. The first kappa shape index (κ1) is 12.4. The second-order valence-corrected chi connectivity index (χ2v) is 4.16. The predicted molar refractivity (Wildman–Crippen MR) is 58.5 cm³/mol. The molecule has 0 spiro atoms. The lowest BCUT2D eigenvalue weighted by molar-refractivity contribution is 0.0396. The van der Waals surface area contributed by atoms with Crippen LogP contribution in [0.1, 0.15) is 23.0 Å². The highest BCUT2D eigenvalue weighted by Gasteiger charge is 2.14. The van der Waals surface area contributed by atoms with Crippen molar-refractivity contribution in [1.82, 2.24) is 4.98 Å². The Morgan fingerprint density at radius 2 is 2.47 bits per heavy atom. The van der Waals surface area contributed by atoms with E-state index in [-0.39, 0.29) is 11.3 Å². The molecular formula is C9H12ClNO3S. The molecule has 0 amide bonds. The fraction of sp³-hybridized carbons (Fsp3) is 0.556. The Balaban J connectivity index is 2.34. The van der Waals surface area contributed by atoms with Gasteiger partial charge in [0.05, 0.1) is 18.2 Å². The quantitative estimate of drug-likeness (QED) is 0.752. The minimum absolute atomic E-state index is 0.0785. The normalized spacial score (nSPS) is 12.5. The van der Waals surface area contributed by atoms with Crippen LogP contribution in [0.15, 0.2) is 5.51 Å². The van der Waals surface area contributed by atoms with E-state index in [1.165, 1.54) is 16.8 Å². The number of nitrogens with zero attached hydrogens (tertiary/aromatic N) is 1. The molecule has 0 aliphatic carbocycles. The molecule has 0 N–H and O–H groups in total. The minimum Gasteiger partial charge on any atom is -0.461 e. The van der Waals surface area contributed by atoms with Crippen LogP contribution in [0.3, 0.4) is 0 Å². The largest absolute Gasteiger partial charge is 0.461 e. The van der Waals surface area contributed by atoms with Crippen LogP contribution in [0.2, 0.25) is 5.15 Å². The van der Waals surface area contributed by atoms with E-state index in [9.17, 15) is 4.79 Å². The molecule has 0 aliphatic heterocycles. The van der Waals surface area contributed by atoms with Gasteiger partial charge in [-0.05, 0) is 6.92 Å². The van der Waals surface area contributed by atoms with Gasteiger partial charge in [0.2, 0.25) is 0 Å². The van der Waals surface area contributed by atoms with Crippen LogP contribution in [0, 0.1) is 0 Å². The van der Waals surface area contributed by atoms with Gasteiger partial charge in [-0.25, -0.2) is 9.78 Å². The first-order valence-electron chi connectivity index (χ1n) is 4.44. The van der Waals surface area contributed by atoms with E-state index in [2.05, 4.69) is 4.98 Å². The van der Waals surface area contributed by atoms with Crippen molar-refractivity contribution in [1.29, 1.82) is 0 Å². The maximum Gasteiger partial charge on any atom is 0.351 e. The molecule has 1 rings (SSSR count). The third-order valence-electron chi connectivity index (χ3n) is 1.87. The van der Waals surface area contributed by atoms with Crippen molar-refractivity contribution in [3.05, 3.63) is 15.5 Å². The zero-order chi connectivity index (χ0) is 11.3. The number of esters is 1. The van der Waals surface area contributed by atoms with E-state index in [1.54, 1.807) is 7.11 Å². The summed E-state index contributed by atoms with van der Waals surface area (Å²) in [5.41, 5.74) is 1.51. The molecule has 0 saturated heterocycles. The Hall–Kier alpha value is -0.650. The summed E-state index contributed by atoms with van der Waals surface area (Å²) in [4.78, 5) is 15.5. The summed E-state index contributed by atoms with van der Waals surface area (Å²) in [5.74, 6) is -0.425. The van der Waals surface area contributed by atoms with Gasteiger partial charge in [0.15, 0.2) is 10.0 Å². The van der Waals surface area contributed by atoms with Crippen molar-refractivity contribution in [3.8, 4) is 0 Å². The van der Waals surface area contributed by atoms with Crippen molar-refractivity contribution in [2.24, 2.45) is 0 Å². The van der Waals surface area contributed by atoms with E-state index in [1.807, 2.05) is 6.92 Å². The van der Waals surface area contributed by atoms with Crippen LogP contribution in [-0.4, -0.2) is 30.8 Å². The van der Waals surface area contributed by atoms with Crippen LogP contribution in [0.25, 0.3) is 0 Å². The molecule has 0 saturated carbocycles. The monoisotopic (exact) mass is 249 g/mol. The van der Waals surface area contributed by atoms with Crippen LogP contribution in [0.5, 0.6) is 0 Å². The predicted octanol–water partition coefficient (Wildman–Crippen LogP) is 2.38. The number of rotatable bonds is 5. The fourth-order valence-electron chi connectivity index (χ4n) is 0.866. The molecule has 0 unspecified atom stereocenters. The summed E-state index contributed by atoms with van der Waals surface area (Å²) in [6.07, 6.45) is 0.744. The van der Waals surface area contributed by atoms with Crippen LogP contribution in [0.4, 0.5) is 0 Å². The van der Waals surface area contributed by atoms with Crippen molar-refractivity contribution in [2.75, 3.05) is 13.7 Å². The second-order valence-electron chi connectivity index (χ2n) is 2.94. The van der Waals surface area contributed by atoms with Crippen molar-refractivity contribution >= 4 is 28.9 Å². The molecule has 0 aromatic carbocycles. The number of aromatic nitrogens is 1. The molecule has 1 aromatic rings. The molecule has 4 nitrogen and oxygen atoms in total. The first-order chi connectivity index (χ1) is 7.15. The average Bonchev–Trinajstić information content (AvgIpc) is 2.64. The Morgan fingerprint density at radius 3 is 3.00 bits per heavy atom. The molecule has 0 radical (unpaired) electrons. The second kappa shape index (κ2) is 6.05. The van der Waals surface area contributed by atoms with Crippen LogP contribution >= 0.6 is 22.9 Å². The van der Waals surface area contributed by atoms with E-state index >= 15 is 0 Å². The number of hydrogen-bond acceptors (Lipinski definition) is 5. The number of carbonyl (C=O) groups is 1. The number of halogens is 1. The fourth-order valence-corrected chi connectivity index (χ4v) is 1.75. The van der Waals surface area contributed by atoms with Gasteiger partial charge in [0.25, 0.3) is 0 Å². The first-order valence-corrected chi connectivity index (χ1v) is 5.69. The van der Waals surface area contributed by atoms with Crippen molar-refractivity contribution in [2.45, 2.75) is 19.4 Å². The highest BCUT2D eigenvalue weighted by Crippen LogP contribution is 2.19. The Kier molecular flexibility index (Phi) is 5.01. The van der Waals surface area contributed by atoms with Gasteiger partial charge in [-0.15, -0.1) is 11.3 Å². The summed E-state index contributed by atoms with van der Waals surface area (Å²) < 4.78 is 10.0. The Bertz CT molecular complexity index is 329. The number of thiazole rings is 1. The number of methoxy groups -OCH3 is 1. The Labute approximate surface area is 97.2 Å². The summed E-state index contributed by atoms with van der Waals surface area (Å²) >= 11 is 6.85. The maximum absolute atomic E-state index is 11.4. The van der Waals surface area contributed by atoms with E-state index in [4.69, 9.17) is 21.1 Å². The molecule has 0 bridgehead atoms. The number of hydrogen-bond donors (Lipinski definition) is 0. The van der Waals surface area contributed by atoms with E-state index in [0.29, 0.717) is 17.9 Å². The molecule has 1 aromatic heterocycles. The molecule has 1 atom stereocenters. The van der Waals surface area contributed by atoms with Gasteiger partial charge >= 0.3 is 5.97 Å². The van der Waals surface area contributed by atoms with Gasteiger partial charge in [-0.1, -0.05) is 11.6 Å². The lowest BCUT2D eigenvalue weighted by Crippen LogP contribution is -2.12.